The Bertz CT molecular complexity index is 3400. The van der Waals surface area contributed by atoms with Crippen molar-refractivity contribution < 1.29 is 0 Å². The Hall–Kier alpha value is -5.94. The van der Waals surface area contributed by atoms with Crippen molar-refractivity contribution in [1.82, 2.24) is 9.13 Å². The van der Waals surface area contributed by atoms with Gasteiger partial charge in [-0.05, 0) is 66.9 Å². The lowest BCUT2D eigenvalue weighted by Gasteiger charge is -2.25. The van der Waals surface area contributed by atoms with E-state index in [-0.39, 0.29) is 0 Å². The molecule has 0 amide bonds. The molecule has 0 saturated carbocycles. The zero-order chi connectivity index (χ0) is 34.8. The number of aromatic nitrogens is 2. The summed E-state index contributed by atoms with van der Waals surface area (Å²) in [4.78, 5) is 0. The number of thiophene rings is 2. The summed E-state index contributed by atoms with van der Waals surface area (Å²) < 4.78 is 10.4. The van der Waals surface area contributed by atoms with E-state index in [9.17, 15) is 0 Å². The molecule has 4 heteroatoms. The van der Waals surface area contributed by atoms with E-state index >= 15 is 0 Å². The van der Waals surface area contributed by atoms with Crippen molar-refractivity contribution in [2.24, 2.45) is 5.92 Å². The predicted molar refractivity (Wildman–Crippen MR) is 232 cm³/mol. The maximum Gasteiger partial charge on any atom is 0.0548 e. The molecule has 53 heavy (non-hydrogen) atoms. The van der Waals surface area contributed by atoms with Gasteiger partial charge >= 0.3 is 0 Å². The molecule has 1 aliphatic carbocycles. The van der Waals surface area contributed by atoms with Gasteiger partial charge in [0.15, 0.2) is 0 Å². The van der Waals surface area contributed by atoms with Crippen LogP contribution in [0, 0.1) is 5.92 Å². The van der Waals surface area contributed by atoms with E-state index < -0.39 is 0 Å². The lowest BCUT2D eigenvalue weighted by Crippen LogP contribution is -2.09. The second kappa shape index (κ2) is 11.0. The molecule has 0 spiro atoms. The average Bonchev–Trinajstić information content (AvgIpc) is 3.93. The minimum Gasteiger partial charge on any atom is -0.309 e. The molecule has 4 aromatic heterocycles. The molecule has 0 aliphatic heterocycles. The summed E-state index contributed by atoms with van der Waals surface area (Å²) in [5, 5.41) is 10.5. The van der Waals surface area contributed by atoms with Crippen LogP contribution in [0.3, 0.4) is 0 Å². The van der Waals surface area contributed by atoms with E-state index in [1.165, 1.54) is 106 Å². The van der Waals surface area contributed by atoms with Crippen molar-refractivity contribution in [1.29, 1.82) is 0 Å². The number of hydrogen-bond acceptors (Lipinski definition) is 2. The van der Waals surface area contributed by atoms with Crippen molar-refractivity contribution >= 4 is 118 Å². The highest BCUT2D eigenvalue weighted by atomic mass is 32.1. The van der Waals surface area contributed by atoms with Crippen molar-refractivity contribution in [3.8, 4) is 5.69 Å². The third kappa shape index (κ3) is 4.19. The van der Waals surface area contributed by atoms with Crippen LogP contribution >= 0.6 is 22.7 Å². The van der Waals surface area contributed by atoms with E-state index in [1.54, 1.807) is 0 Å². The van der Waals surface area contributed by atoms with Gasteiger partial charge in [-0.3, -0.25) is 0 Å². The Kier molecular flexibility index (Phi) is 6.17. The van der Waals surface area contributed by atoms with Crippen LogP contribution in [0.15, 0.2) is 158 Å². The first-order chi connectivity index (χ1) is 26.2. The van der Waals surface area contributed by atoms with E-state index in [0.29, 0.717) is 5.92 Å². The molecule has 0 N–H and O–H groups in total. The van der Waals surface area contributed by atoms with Gasteiger partial charge in [-0.25, -0.2) is 0 Å². The average molecular weight is 713 g/mol. The molecule has 1 unspecified atom stereocenters. The van der Waals surface area contributed by atoms with Crippen LogP contribution < -0.4 is 0 Å². The first-order valence-corrected chi connectivity index (χ1v) is 20.0. The zero-order valence-electron chi connectivity index (χ0n) is 29.0. The molecule has 0 fully saturated rings. The van der Waals surface area contributed by atoms with Crippen LogP contribution in [-0.2, 0) is 0 Å². The molecule has 2 nitrogen and oxygen atoms in total. The molecule has 4 heterocycles. The minimum absolute atomic E-state index is 0.413. The van der Waals surface area contributed by atoms with Gasteiger partial charge in [0.2, 0.25) is 0 Å². The Morgan fingerprint density at radius 1 is 0.453 bits per heavy atom. The molecule has 250 valence electrons. The molecule has 1 atom stereocenters. The first kappa shape index (κ1) is 29.6. The third-order valence-corrected chi connectivity index (χ3v) is 13.7. The summed E-state index contributed by atoms with van der Waals surface area (Å²) in [6.45, 7) is 2.35. The lowest BCUT2D eigenvalue weighted by molar-refractivity contribution is 0.737. The third-order valence-electron chi connectivity index (χ3n) is 11.4. The van der Waals surface area contributed by atoms with Gasteiger partial charge in [-0.15, -0.1) is 22.7 Å². The molecule has 0 saturated heterocycles. The first-order valence-electron chi connectivity index (χ1n) is 18.4. The summed E-state index contributed by atoms with van der Waals surface area (Å²) in [5.74, 6) is 0.413. The summed E-state index contributed by atoms with van der Waals surface area (Å²) in [5.41, 5.74) is 9.97. The van der Waals surface area contributed by atoms with Crippen LogP contribution in [0.2, 0.25) is 0 Å². The number of nitrogens with zero attached hydrogens (tertiary/aromatic N) is 2. The Balaban J connectivity index is 1.14. The number of rotatable bonds is 3. The SMILES string of the molecule is CC1C=C(n2c3ccccc3c3cc4sc5ccccc5c4cc32)C(c2ccccc2-n2c3ccccc3c3cc4sc5ccccc5c4cc32)=CC1. The fourth-order valence-corrected chi connectivity index (χ4v) is 11.3. The summed E-state index contributed by atoms with van der Waals surface area (Å²) in [6.07, 6.45) is 6.01. The Morgan fingerprint density at radius 3 is 1.60 bits per heavy atom. The second-order valence-corrected chi connectivity index (χ2v) is 16.7. The fraction of sp³-hybridized carbons (Fsp3) is 0.0612. The smallest absolute Gasteiger partial charge is 0.0548 e. The van der Waals surface area contributed by atoms with Gasteiger partial charge < -0.3 is 9.13 Å². The summed E-state index contributed by atoms with van der Waals surface area (Å²) >= 11 is 3.78. The molecular weight excluding hydrogens is 681 g/mol. The quantitative estimate of drug-likeness (QED) is 0.173. The number of benzene rings is 7. The van der Waals surface area contributed by atoms with Gasteiger partial charge in [0, 0.05) is 73.0 Å². The van der Waals surface area contributed by atoms with Gasteiger partial charge in [0.25, 0.3) is 0 Å². The van der Waals surface area contributed by atoms with Crippen LogP contribution in [0.4, 0.5) is 0 Å². The molecule has 12 rings (SSSR count). The largest absolute Gasteiger partial charge is 0.309 e. The van der Waals surface area contributed by atoms with Crippen LogP contribution in [-0.4, -0.2) is 9.13 Å². The fourth-order valence-electron chi connectivity index (χ4n) is 9.07. The zero-order valence-corrected chi connectivity index (χ0v) is 30.6. The summed E-state index contributed by atoms with van der Waals surface area (Å²) in [6, 6.07) is 54.4. The van der Waals surface area contributed by atoms with Crippen molar-refractivity contribution in [3.63, 3.8) is 0 Å². The van der Waals surface area contributed by atoms with Gasteiger partial charge in [0.05, 0.1) is 33.5 Å². The van der Waals surface area contributed by atoms with E-state index in [2.05, 4.69) is 174 Å². The predicted octanol–water partition coefficient (Wildman–Crippen LogP) is 14.6. The lowest BCUT2D eigenvalue weighted by atomic mass is 9.90. The van der Waals surface area contributed by atoms with Crippen LogP contribution in [0.5, 0.6) is 0 Å². The normalized spacial score (nSPS) is 15.2. The van der Waals surface area contributed by atoms with Crippen molar-refractivity contribution in [2.45, 2.75) is 13.3 Å². The highest BCUT2D eigenvalue weighted by Gasteiger charge is 2.25. The number of para-hydroxylation sites is 3. The van der Waals surface area contributed by atoms with E-state index in [0.717, 1.165) is 6.42 Å². The standard InChI is InChI=1S/C49H32N2S2/c1-29-22-23-33(43(24-29)51-42-19-9-4-14-32(42)37-28-49-39(26-45(37)51)35-16-6-11-21-47(35)53-49)30-12-2-7-17-40(30)50-41-18-8-3-13-31(41)36-27-48-38(25-44(36)50)34-15-5-10-20-46(34)52-48/h2-21,23-29H,22H2,1H3. The highest BCUT2D eigenvalue weighted by Crippen LogP contribution is 2.46. The number of fused-ring (bicyclic) bond motifs is 12. The molecule has 0 bridgehead atoms. The van der Waals surface area contributed by atoms with Crippen LogP contribution in [0.1, 0.15) is 18.9 Å². The van der Waals surface area contributed by atoms with Gasteiger partial charge in [-0.1, -0.05) is 110 Å². The minimum atomic E-state index is 0.413. The maximum absolute atomic E-state index is 2.56. The monoisotopic (exact) mass is 712 g/mol. The van der Waals surface area contributed by atoms with Gasteiger partial charge in [-0.2, -0.15) is 0 Å². The maximum atomic E-state index is 2.56. The summed E-state index contributed by atoms with van der Waals surface area (Å²) in [7, 11) is 0. The van der Waals surface area contributed by atoms with Crippen molar-refractivity contribution in [2.75, 3.05) is 0 Å². The topological polar surface area (TPSA) is 9.86 Å². The van der Waals surface area contributed by atoms with E-state index in [4.69, 9.17) is 0 Å². The Morgan fingerprint density at radius 2 is 0.962 bits per heavy atom. The van der Waals surface area contributed by atoms with E-state index in [1.807, 2.05) is 22.7 Å². The number of allylic oxidation sites excluding steroid dienone is 4. The number of hydrogen-bond donors (Lipinski definition) is 0. The molecule has 11 aromatic rings. The van der Waals surface area contributed by atoms with Crippen molar-refractivity contribution in [3.05, 3.63) is 163 Å². The Labute approximate surface area is 313 Å². The molecule has 7 aromatic carbocycles. The molecule has 0 radical (unpaired) electrons. The molecule has 1 aliphatic rings. The highest BCUT2D eigenvalue weighted by molar-refractivity contribution is 7.26. The molecular formula is C49H32N2S2. The second-order valence-electron chi connectivity index (χ2n) is 14.5. The van der Waals surface area contributed by atoms with Crippen LogP contribution in [0.25, 0.3) is 101 Å². The van der Waals surface area contributed by atoms with Gasteiger partial charge in [0.1, 0.15) is 0 Å².